The number of hydrogen-bond donors (Lipinski definition) is 0. The zero-order valence-electron chi connectivity index (χ0n) is 15.6. The molecule has 3 aromatic carbocycles. The molecule has 0 bridgehead atoms. The monoisotopic (exact) mass is 417 g/mol. The molecule has 3 heteroatoms. The van der Waals surface area contributed by atoms with Crippen LogP contribution in [0.15, 0.2) is 64.5 Å². The normalized spacial score (nSPS) is 13.2. The van der Waals surface area contributed by atoms with Crippen molar-refractivity contribution in [2.24, 2.45) is 0 Å². The number of benzene rings is 3. The molecule has 128 valence electrons. The van der Waals surface area contributed by atoms with Gasteiger partial charge in [0.1, 0.15) is 0 Å². The molecule has 4 aromatic rings. The van der Waals surface area contributed by atoms with Gasteiger partial charge in [0.15, 0.2) is 0 Å². The van der Waals surface area contributed by atoms with E-state index in [0.29, 0.717) is 0 Å². The van der Waals surface area contributed by atoms with E-state index in [4.69, 9.17) is 4.98 Å². The molecule has 5 rings (SSSR count). The molecule has 0 radical (unpaired) electrons. The van der Waals surface area contributed by atoms with E-state index in [1.807, 2.05) is 18.0 Å². The Morgan fingerprint density at radius 1 is 0.885 bits per heavy atom. The first kappa shape index (κ1) is 16.4. The molecule has 1 nitrogen and oxygen atoms in total. The third-order valence-electron chi connectivity index (χ3n) is 5.40. The Morgan fingerprint density at radius 2 is 1.69 bits per heavy atom. The topological polar surface area (TPSA) is 12.9 Å². The van der Waals surface area contributed by atoms with Crippen LogP contribution in [0.5, 0.6) is 0 Å². The van der Waals surface area contributed by atoms with E-state index in [-0.39, 0.29) is 0 Å². The second-order valence-electron chi connectivity index (χ2n) is 8.15. The quantitative estimate of drug-likeness (QED) is 0.295. The third-order valence-corrected chi connectivity index (χ3v) is 11.4. The predicted octanol–water partition coefficient (Wildman–Crippen LogP) is 6.37. The fourth-order valence-corrected chi connectivity index (χ4v) is 10.1. The van der Waals surface area contributed by atoms with Gasteiger partial charge in [0.25, 0.3) is 0 Å². The Morgan fingerprint density at radius 3 is 2.50 bits per heavy atom. The molecule has 1 aromatic heterocycles. The Kier molecular flexibility index (Phi) is 3.54. The SMILES string of the molecule is Cc1c2c(cc3ccccc13)-c1nccc3cc[c]([Ge]([CH3])([CH3])[CH3])c(c13)S2. The first-order valence-corrected chi connectivity index (χ1v) is 17.2. The summed E-state index contributed by atoms with van der Waals surface area (Å²) in [5.41, 5.74) is 3.83. The fraction of sp³-hybridized carbons (Fsp3) is 0.174. The van der Waals surface area contributed by atoms with Crippen molar-refractivity contribution >= 4 is 51.0 Å². The first-order chi connectivity index (χ1) is 12.4. The fourth-order valence-electron chi connectivity index (χ4n) is 4.06. The summed E-state index contributed by atoms with van der Waals surface area (Å²) in [5, 5.41) is 5.32. The van der Waals surface area contributed by atoms with Crippen LogP contribution in [-0.2, 0) is 0 Å². The molecular weight excluding hydrogens is 395 g/mol. The summed E-state index contributed by atoms with van der Waals surface area (Å²) in [6, 6.07) is 17.9. The molecule has 0 saturated heterocycles. The van der Waals surface area contributed by atoms with Crippen LogP contribution in [0.4, 0.5) is 0 Å². The zero-order valence-corrected chi connectivity index (χ0v) is 18.5. The Hall–Kier alpha value is -1.78. The van der Waals surface area contributed by atoms with Gasteiger partial charge >= 0.3 is 161 Å². The number of aromatic nitrogens is 1. The van der Waals surface area contributed by atoms with Crippen molar-refractivity contribution in [1.82, 2.24) is 4.98 Å². The first-order valence-electron chi connectivity index (χ1n) is 9.08. The van der Waals surface area contributed by atoms with Crippen molar-refractivity contribution in [1.29, 1.82) is 0 Å². The van der Waals surface area contributed by atoms with Gasteiger partial charge in [-0.15, -0.1) is 0 Å². The van der Waals surface area contributed by atoms with Gasteiger partial charge < -0.3 is 0 Å². The average molecular weight is 416 g/mol. The minimum atomic E-state index is -1.99. The third kappa shape index (κ3) is 2.28. The van der Waals surface area contributed by atoms with Gasteiger partial charge in [-0.2, -0.15) is 0 Å². The van der Waals surface area contributed by atoms with Crippen LogP contribution < -0.4 is 4.40 Å². The summed E-state index contributed by atoms with van der Waals surface area (Å²) in [6.07, 6.45) is 1.96. The number of aryl methyl sites for hydroxylation is 1. The van der Waals surface area contributed by atoms with Crippen molar-refractivity contribution < 1.29 is 0 Å². The molecule has 2 heterocycles. The van der Waals surface area contributed by atoms with E-state index in [1.54, 1.807) is 4.40 Å². The molecule has 26 heavy (non-hydrogen) atoms. The maximum absolute atomic E-state index is 4.86. The van der Waals surface area contributed by atoms with Gasteiger partial charge in [-0.1, -0.05) is 0 Å². The second kappa shape index (κ2) is 5.61. The van der Waals surface area contributed by atoms with Crippen LogP contribution in [0.3, 0.4) is 0 Å². The molecule has 0 unspecified atom stereocenters. The molecule has 0 spiro atoms. The van der Waals surface area contributed by atoms with Gasteiger partial charge in [0.05, 0.1) is 0 Å². The van der Waals surface area contributed by atoms with Crippen LogP contribution in [0.2, 0.25) is 17.3 Å². The molecule has 0 aliphatic carbocycles. The van der Waals surface area contributed by atoms with Crippen LogP contribution in [0.1, 0.15) is 5.56 Å². The Balaban J connectivity index is 1.95. The predicted molar refractivity (Wildman–Crippen MR) is 117 cm³/mol. The van der Waals surface area contributed by atoms with Crippen LogP contribution in [-0.4, -0.2) is 18.3 Å². The Labute approximate surface area is 161 Å². The minimum absolute atomic E-state index is 1.16. The van der Waals surface area contributed by atoms with Crippen LogP contribution in [0, 0.1) is 6.92 Å². The van der Waals surface area contributed by atoms with Gasteiger partial charge in [-0.25, -0.2) is 0 Å². The van der Waals surface area contributed by atoms with Crippen molar-refractivity contribution in [3.05, 3.63) is 60.3 Å². The summed E-state index contributed by atoms with van der Waals surface area (Å²) in [6.45, 7) is 2.26. The number of nitrogens with zero attached hydrogens (tertiary/aromatic N) is 1. The number of fused-ring (bicyclic) bond motifs is 3. The van der Waals surface area contributed by atoms with E-state index in [1.165, 1.54) is 42.5 Å². The second-order valence-corrected chi connectivity index (χ2v) is 19.7. The summed E-state index contributed by atoms with van der Waals surface area (Å²) in [4.78, 5) is 7.70. The summed E-state index contributed by atoms with van der Waals surface area (Å²) in [5.74, 6) is 7.45. The standard InChI is InChI=1S/C23H21GeNS/c1-14-17-8-6-5-7-16(17)13-18-21-20-15(11-12-25-21)9-10-19(24(2,3)4)23(20)26-22(14)18/h5-13H,1-4H3. The maximum atomic E-state index is 4.86. The molecule has 0 fully saturated rings. The summed E-state index contributed by atoms with van der Waals surface area (Å²) < 4.78 is 1.59. The van der Waals surface area contributed by atoms with E-state index in [9.17, 15) is 0 Å². The zero-order chi connectivity index (χ0) is 18.1. The van der Waals surface area contributed by atoms with E-state index in [0.717, 1.165) is 5.69 Å². The number of rotatable bonds is 1. The molecule has 0 saturated carbocycles. The molecule has 0 N–H and O–H groups in total. The number of hydrogen-bond acceptors (Lipinski definition) is 2. The van der Waals surface area contributed by atoms with Gasteiger partial charge in [0, 0.05) is 0 Å². The summed E-state index contributed by atoms with van der Waals surface area (Å²) in [7, 11) is 0. The van der Waals surface area contributed by atoms with E-state index < -0.39 is 13.3 Å². The summed E-state index contributed by atoms with van der Waals surface area (Å²) >= 11 is -0.0115. The van der Waals surface area contributed by atoms with E-state index >= 15 is 0 Å². The Bertz CT molecular complexity index is 1200. The van der Waals surface area contributed by atoms with Crippen molar-refractivity contribution in [3.8, 4) is 11.3 Å². The molecule has 0 amide bonds. The number of pyridine rings is 1. The molecular formula is C23H21GeNS. The van der Waals surface area contributed by atoms with Crippen molar-refractivity contribution in [2.45, 2.75) is 34.0 Å². The van der Waals surface area contributed by atoms with Crippen molar-refractivity contribution in [2.75, 3.05) is 0 Å². The average Bonchev–Trinajstić information content (AvgIpc) is 2.62. The molecule has 0 atom stereocenters. The van der Waals surface area contributed by atoms with Gasteiger partial charge in [-0.05, 0) is 0 Å². The molecule has 1 aliphatic rings. The molecule has 1 aliphatic heterocycles. The van der Waals surface area contributed by atoms with E-state index in [2.05, 4.69) is 72.7 Å². The van der Waals surface area contributed by atoms with Crippen LogP contribution >= 0.6 is 11.8 Å². The van der Waals surface area contributed by atoms with Gasteiger partial charge in [-0.3, -0.25) is 0 Å². The van der Waals surface area contributed by atoms with Crippen molar-refractivity contribution in [3.63, 3.8) is 0 Å². The van der Waals surface area contributed by atoms with Gasteiger partial charge in [0.2, 0.25) is 0 Å². The van der Waals surface area contributed by atoms with Crippen LogP contribution in [0.25, 0.3) is 32.8 Å².